The number of nitrogens with zero attached hydrogens (tertiary/aromatic N) is 2. The van der Waals surface area contributed by atoms with Crippen LogP contribution in [-0.2, 0) is 17.9 Å². The Morgan fingerprint density at radius 2 is 1.82 bits per heavy atom. The Morgan fingerprint density at radius 1 is 1.00 bits per heavy atom. The molecule has 0 fully saturated rings. The van der Waals surface area contributed by atoms with E-state index in [1.807, 2.05) is 19.1 Å². The number of allylic oxidation sites excluding steroid dienone is 1. The van der Waals surface area contributed by atoms with Crippen LogP contribution in [0.25, 0.3) is 16.6 Å². The summed E-state index contributed by atoms with van der Waals surface area (Å²) >= 11 is 0. The third-order valence-electron chi connectivity index (χ3n) is 7.16. The van der Waals surface area contributed by atoms with Crippen LogP contribution in [-0.4, -0.2) is 27.5 Å². The van der Waals surface area contributed by atoms with E-state index in [4.69, 9.17) is 4.42 Å². The minimum atomic E-state index is -0.653. The largest absolute Gasteiger partial charge is 0.467 e. The molecular formula is C31H32N4O5. The van der Waals surface area contributed by atoms with E-state index >= 15 is 0 Å². The number of hydrogen-bond acceptors (Lipinski definition) is 5. The van der Waals surface area contributed by atoms with E-state index in [9.17, 15) is 19.2 Å². The molecule has 0 unspecified atom stereocenters. The van der Waals surface area contributed by atoms with Crippen LogP contribution < -0.4 is 21.9 Å². The molecule has 2 N–H and O–H groups in total. The maximum Gasteiger partial charge on any atom is 0.336 e. The summed E-state index contributed by atoms with van der Waals surface area (Å²) in [6.07, 6.45) is 9.01. The van der Waals surface area contributed by atoms with Crippen LogP contribution in [0.5, 0.6) is 0 Å². The van der Waals surface area contributed by atoms with Crippen LogP contribution in [0.4, 0.5) is 0 Å². The lowest BCUT2D eigenvalue weighted by molar-refractivity contribution is -0.121. The fourth-order valence-corrected chi connectivity index (χ4v) is 4.96. The zero-order valence-electron chi connectivity index (χ0n) is 22.4. The van der Waals surface area contributed by atoms with Crippen molar-refractivity contribution in [2.75, 3.05) is 6.54 Å². The third-order valence-corrected chi connectivity index (χ3v) is 7.16. The lowest BCUT2D eigenvalue weighted by Gasteiger charge is -2.16. The second kappa shape index (κ2) is 12.0. The molecular weight excluding hydrogens is 508 g/mol. The normalized spacial score (nSPS) is 13.2. The summed E-state index contributed by atoms with van der Waals surface area (Å²) in [6.45, 7) is 2.27. The highest BCUT2D eigenvalue weighted by atomic mass is 16.3. The Labute approximate surface area is 231 Å². The van der Waals surface area contributed by atoms with Gasteiger partial charge in [0.15, 0.2) is 0 Å². The Bertz CT molecular complexity index is 1680. The van der Waals surface area contributed by atoms with Gasteiger partial charge in [-0.1, -0.05) is 29.3 Å². The minimum absolute atomic E-state index is 0.185. The van der Waals surface area contributed by atoms with Gasteiger partial charge in [0.1, 0.15) is 12.3 Å². The van der Waals surface area contributed by atoms with E-state index in [0.29, 0.717) is 18.0 Å². The van der Waals surface area contributed by atoms with Crippen LogP contribution in [0.15, 0.2) is 86.5 Å². The Morgan fingerprint density at radius 3 is 2.55 bits per heavy atom. The highest BCUT2D eigenvalue weighted by Gasteiger charge is 2.19. The van der Waals surface area contributed by atoms with E-state index < -0.39 is 17.2 Å². The lowest BCUT2D eigenvalue weighted by Crippen LogP contribution is -2.42. The summed E-state index contributed by atoms with van der Waals surface area (Å²) < 4.78 is 7.59. The third kappa shape index (κ3) is 5.98. The Balaban J connectivity index is 1.48. The van der Waals surface area contributed by atoms with E-state index in [-0.39, 0.29) is 35.5 Å². The van der Waals surface area contributed by atoms with Crippen LogP contribution >= 0.6 is 0 Å². The van der Waals surface area contributed by atoms with Crippen LogP contribution in [0.1, 0.15) is 53.8 Å². The molecule has 2 aromatic heterocycles. The smallest absolute Gasteiger partial charge is 0.336 e. The summed E-state index contributed by atoms with van der Waals surface area (Å²) in [5.74, 6) is -0.153. The van der Waals surface area contributed by atoms with Crippen molar-refractivity contribution in [3.05, 3.63) is 110 Å². The first kappa shape index (κ1) is 26.9. The van der Waals surface area contributed by atoms with Crippen molar-refractivity contribution in [2.24, 2.45) is 0 Å². The van der Waals surface area contributed by atoms with Gasteiger partial charge < -0.3 is 15.1 Å². The molecule has 0 saturated carbocycles. The Hall–Kier alpha value is -4.66. The number of carbonyl (C=O) groups is 2. The molecule has 1 aliphatic carbocycles. The lowest BCUT2D eigenvalue weighted by atomic mass is 9.97. The second-order valence-electron chi connectivity index (χ2n) is 10.0. The summed E-state index contributed by atoms with van der Waals surface area (Å²) in [7, 11) is 0. The minimum Gasteiger partial charge on any atom is -0.467 e. The zero-order chi connectivity index (χ0) is 28.1. The molecule has 2 heterocycles. The van der Waals surface area contributed by atoms with Crippen LogP contribution in [0, 0.1) is 6.92 Å². The second-order valence-corrected chi connectivity index (χ2v) is 10.0. The molecule has 9 nitrogen and oxygen atoms in total. The number of aromatic nitrogens is 2. The number of nitrogens with one attached hydrogen (secondary N) is 2. The number of aryl methyl sites for hydroxylation is 1. The predicted molar refractivity (Wildman–Crippen MR) is 153 cm³/mol. The molecule has 2 aromatic carbocycles. The summed E-state index contributed by atoms with van der Waals surface area (Å²) in [6, 6.07) is 15.0. The number of fused-ring (bicyclic) bond motifs is 1. The summed E-state index contributed by atoms with van der Waals surface area (Å²) in [5, 5.41) is 5.90. The molecule has 4 aromatic rings. The average molecular weight is 541 g/mol. The van der Waals surface area contributed by atoms with Crippen LogP contribution in [0.3, 0.4) is 0 Å². The highest BCUT2D eigenvalue weighted by Crippen LogP contribution is 2.19. The van der Waals surface area contributed by atoms with Crippen molar-refractivity contribution in [1.29, 1.82) is 0 Å². The van der Waals surface area contributed by atoms with Crippen molar-refractivity contribution in [3.63, 3.8) is 0 Å². The molecule has 0 spiro atoms. The monoisotopic (exact) mass is 540 g/mol. The van der Waals surface area contributed by atoms with E-state index in [1.165, 1.54) is 47.4 Å². The van der Waals surface area contributed by atoms with Crippen molar-refractivity contribution in [3.8, 4) is 5.69 Å². The van der Waals surface area contributed by atoms with Gasteiger partial charge in [0.05, 0.1) is 29.4 Å². The molecule has 1 aliphatic rings. The van der Waals surface area contributed by atoms with Crippen LogP contribution in [0.2, 0.25) is 0 Å². The standard InChI is InChI=1S/C31H32N4O5/c1-21-9-12-24(13-10-21)35-30(38)26-14-11-23(29(37)33-19-25-8-5-17-40-25)18-27(26)34(31(35)39)20-28(36)32-16-15-22-6-3-2-4-7-22/h5-6,8-14,17-18H,2-4,7,15-16,19-20H2,1H3,(H,32,36)(H,33,37). The fourth-order valence-electron chi connectivity index (χ4n) is 4.96. The molecule has 2 amide bonds. The van der Waals surface area contributed by atoms with Gasteiger partial charge in [0.2, 0.25) is 5.91 Å². The molecule has 5 rings (SSSR count). The van der Waals surface area contributed by atoms with Gasteiger partial charge in [-0.3, -0.25) is 19.0 Å². The highest BCUT2D eigenvalue weighted by molar-refractivity contribution is 5.98. The quantitative estimate of drug-likeness (QED) is 0.312. The number of hydrogen-bond donors (Lipinski definition) is 2. The van der Waals surface area contributed by atoms with Gasteiger partial charge >= 0.3 is 5.69 Å². The SMILES string of the molecule is Cc1ccc(-n2c(=O)c3ccc(C(=O)NCc4ccco4)cc3n(CC(=O)NCCC3=CCCCC3)c2=O)cc1. The molecule has 0 bridgehead atoms. The maximum absolute atomic E-state index is 13.7. The number of amides is 2. The fraction of sp³-hybridized carbons (Fsp3) is 0.290. The molecule has 0 saturated heterocycles. The predicted octanol–water partition coefficient (Wildman–Crippen LogP) is 3.99. The van der Waals surface area contributed by atoms with Crippen molar-refractivity contribution >= 4 is 22.7 Å². The molecule has 0 atom stereocenters. The molecule has 0 aliphatic heterocycles. The maximum atomic E-state index is 13.7. The summed E-state index contributed by atoms with van der Waals surface area (Å²) in [5.41, 5.74) is 2.02. The Kier molecular flexibility index (Phi) is 8.10. The van der Waals surface area contributed by atoms with Gasteiger partial charge in [-0.15, -0.1) is 0 Å². The van der Waals surface area contributed by atoms with E-state index in [0.717, 1.165) is 29.4 Å². The average Bonchev–Trinajstić information content (AvgIpc) is 3.49. The number of furan rings is 1. The molecule has 9 heteroatoms. The van der Waals surface area contributed by atoms with Gasteiger partial charge in [-0.2, -0.15) is 0 Å². The first-order chi connectivity index (χ1) is 19.4. The first-order valence-corrected chi connectivity index (χ1v) is 13.5. The topological polar surface area (TPSA) is 115 Å². The van der Waals surface area contributed by atoms with Gasteiger partial charge in [0, 0.05) is 12.1 Å². The number of rotatable bonds is 9. The zero-order valence-corrected chi connectivity index (χ0v) is 22.4. The van der Waals surface area contributed by atoms with Gasteiger partial charge in [-0.25, -0.2) is 9.36 Å². The van der Waals surface area contributed by atoms with Gasteiger partial charge in [0.25, 0.3) is 11.5 Å². The van der Waals surface area contributed by atoms with Crippen molar-refractivity contribution in [2.45, 2.75) is 52.1 Å². The molecule has 206 valence electrons. The van der Waals surface area contributed by atoms with Gasteiger partial charge in [-0.05, 0) is 81.5 Å². The number of carbonyl (C=O) groups excluding carboxylic acids is 2. The van der Waals surface area contributed by atoms with E-state index in [2.05, 4.69) is 16.7 Å². The van der Waals surface area contributed by atoms with E-state index in [1.54, 1.807) is 24.3 Å². The molecule has 40 heavy (non-hydrogen) atoms. The first-order valence-electron chi connectivity index (χ1n) is 13.5. The number of benzene rings is 2. The van der Waals surface area contributed by atoms with Crippen molar-refractivity contribution < 1.29 is 14.0 Å². The molecule has 0 radical (unpaired) electrons. The summed E-state index contributed by atoms with van der Waals surface area (Å²) in [4.78, 5) is 53.1. The van der Waals surface area contributed by atoms with Crippen molar-refractivity contribution in [1.82, 2.24) is 19.8 Å².